The Hall–Kier alpha value is -3.13. The van der Waals surface area contributed by atoms with Gasteiger partial charge in [-0.2, -0.15) is 0 Å². The molecule has 0 aliphatic rings. The highest BCUT2D eigenvalue weighted by atomic mass is 32.1. The van der Waals surface area contributed by atoms with Crippen molar-refractivity contribution in [1.82, 2.24) is 25.2 Å². The van der Waals surface area contributed by atoms with E-state index < -0.39 is 5.97 Å². The van der Waals surface area contributed by atoms with Gasteiger partial charge in [-0.1, -0.05) is 37.3 Å². The third kappa shape index (κ3) is 3.56. The summed E-state index contributed by atoms with van der Waals surface area (Å²) in [6, 6.07) is 15.2. The average Bonchev–Trinajstić information content (AvgIpc) is 3.33. The van der Waals surface area contributed by atoms with Crippen LogP contribution in [-0.4, -0.2) is 31.2 Å². The first-order chi connectivity index (χ1) is 13.3. The Balaban J connectivity index is 1.58. The number of ether oxygens (including phenoxy) is 1. The van der Waals surface area contributed by atoms with Gasteiger partial charge in [0.2, 0.25) is 0 Å². The molecule has 0 N–H and O–H groups in total. The van der Waals surface area contributed by atoms with Crippen LogP contribution in [0.2, 0.25) is 0 Å². The first-order valence-electron chi connectivity index (χ1n) is 8.63. The van der Waals surface area contributed by atoms with Crippen molar-refractivity contribution in [3.63, 3.8) is 0 Å². The molecule has 4 aromatic rings. The van der Waals surface area contributed by atoms with E-state index in [2.05, 4.69) is 20.5 Å². The first kappa shape index (κ1) is 17.3. The fourth-order valence-corrected chi connectivity index (χ4v) is 3.76. The molecule has 4 rings (SSSR count). The standard InChI is InChI=1S/C19H17N5O2S/c1-2-11-24-17(21-22-23-24)12-26-19(25)14-8-4-3-7-13(14)18-20-15-9-5-6-10-16(15)27-18/h3-10H,2,11-12H2,1H3. The van der Waals surface area contributed by atoms with E-state index in [0.29, 0.717) is 17.9 Å². The second-order valence-corrected chi connectivity index (χ2v) is 6.96. The smallest absolute Gasteiger partial charge is 0.339 e. The number of aromatic nitrogens is 5. The number of hydrogen-bond donors (Lipinski definition) is 0. The lowest BCUT2D eigenvalue weighted by molar-refractivity contribution is 0.0457. The van der Waals surface area contributed by atoms with E-state index in [9.17, 15) is 4.79 Å². The maximum Gasteiger partial charge on any atom is 0.339 e. The summed E-state index contributed by atoms with van der Waals surface area (Å²) in [5.74, 6) is 0.110. The van der Waals surface area contributed by atoms with Crippen LogP contribution in [0.3, 0.4) is 0 Å². The summed E-state index contributed by atoms with van der Waals surface area (Å²) in [4.78, 5) is 17.3. The zero-order valence-electron chi connectivity index (χ0n) is 14.7. The van der Waals surface area contributed by atoms with E-state index in [1.54, 1.807) is 22.1 Å². The summed E-state index contributed by atoms with van der Waals surface area (Å²) in [6.07, 6.45) is 0.895. The molecule has 0 saturated heterocycles. The maximum absolute atomic E-state index is 12.7. The molecule has 0 spiro atoms. The molecule has 0 bridgehead atoms. The van der Waals surface area contributed by atoms with Crippen LogP contribution in [0, 0.1) is 0 Å². The molecule has 0 amide bonds. The minimum absolute atomic E-state index is 0.0278. The largest absolute Gasteiger partial charge is 0.454 e. The molecule has 0 fully saturated rings. The van der Waals surface area contributed by atoms with Crippen molar-refractivity contribution in [2.75, 3.05) is 0 Å². The molecule has 0 aliphatic carbocycles. The summed E-state index contributed by atoms with van der Waals surface area (Å²) in [6.45, 7) is 2.74. The number of tetrazole rings is 1. The molecular formula is C19H17N5O2S. The molecule has 7 nitrogen and oxygen atoms in total. The van der Waals surface area contributed by atoms with Gasteiger partial charge in [0.1, 0.15) is 5.01 Å². The summed E-state index contributed by atoms with van der Waals surface area (Å²) >= 11 is 1.55. The van der Waals surface area contributed by atoms with E-state index in [-0.39, 0.29) is 6.61 Å². The number of rotatable bonds is 6. The van der Waals surface area contributed by atoms with Crippen LogP contribution in [0.5, 0.6) is 0 Å². The molecule has 2 heterocycles. The van der Waals surface area contributed by atoms with Crippen LogP contribution in [0.15, 0.2) is 48.5 Å². The van der Waals surface area contributed by atoms with Gasteiger partial charge in [-0.25, -0.2) is 14.5 Å². The summed E-state index contributed by atoms with van der Waals surface area (Å²) < 4.78 is 8.19. The Morgan fingerprint density at radius 3 is 2.81 bits per heavy atom. The number of thiazole rings is 1. The van der Waals surface area contributed by atoms with Gasteiger partial charge in [0.05, 0.1) is 15.8 Å². The molecular weight excluding hydrogens is 362 g/mol. The van der Waals surface area contributed by atoms with Crippen molar-refractivity contribution >= 4 is 27.5 Å². The van der Waals surface area contributed by atoms with Crippen LogP contribution in [0.1, 0.15) is 29.5 Å². The number of aryl methyl sites for hydroxylation is 1. The lowest BCUT2D eigenvalue weighted by Crippen LogP contribution is -2.11. The van der Waals surface area contributed by atoms with Crippen LogP contribution in [-0.2, 0) is 17.9 Å². The van der Waals surface area contributed by atoms with Gasteiger partial charge in [0, 0.05) is 12.1 Å². The van der Waals surface area contributed by atoms with E-state index in [0.717, 1.165) is 27.2 Å². The predicted molar refractivity (Wildman–Crippen MR) is 102 cm³/mol. The normalized spacial score (nSPS) is 11.0. The third-order valence-corrected chi connectivity index (χ3v) is 5.11. The van der Waals surface area contributed by atoms with Crippen LogP contribution >= 0.6 is 11.3 Å². The minimum atomic E-state index is -0.420. The van der Waals surface area contributed by atoms with Crippen molar-refractivity contribution < 1.29 is 9.53 Å². The van der Waals surface area contributed by atoms with Crippen LogP contribution in [0.25, 0.3) is 20.8 Å². The third-order valence-electron chi connectivity index (χ3n) is 4.05. The van der Waals surface area contributed by atoms with Gasteiger partial charge in [-0.05, 0) is 35.0 Å². The highest BCUT2D eigenvalue weighted by molar-refractivity contribution is 7.21. The number of nitrogens with zero attached hydrogens (tertiary/aromatic N) is 5. The molecule has 8 heteroatoms. The molecule has 0 unspecified atom stereocenters. The second-order valence-electron chi connectivity index (χ2n) is 5.93. The number of benzene rings is 2. The average molecular weight is 379 g/mol. The Morgan fingerprint density at radius 1 is 1.15 bits per heavy atom. The number of carbonyl (C=O) groups is 1. The summed E-state index contributed by atoms with van der Waals surface area (Å²) in [7, 11) is 0. The predicted octanol–water partition coefficient (Wildman–Crippen LogP) is 3.72. The van der Waals surface area contributed by atoms with Gasteiger partial charge in [-0.3, -0.25) is 0 Å². The first-order valence-corrected chi connectivity index (χ1v) is 9.45. The van der Waals surface area contributed by atoms with E-state index >= 15 is 0 Å². The number of esters is 1. The lowest BCUT2D eigenvalue weighted by Gasteiger charge is -2.08. The van der Waals surface area contributed by atoms with E-state index in [1.165, 1.54) is 0 Å². The Bertz CT molecular complexity index is 1060. The number of fused-ring (bicyclic) bond motifs is 1. The van der Waals surface area contributed by atoms with Crippen molar-refractivity contribution in [1.29, 1.82) is 0 Å². The molecule has 27 heavy (non-hydrogen) atoms. The van der Waals surface area contributed by atoms with Gasteiger partial charge in [0.25, 0.3) is 0 Å². The molecule has 0 saturated carbocycles. The highest BCUT2D eigenvalue weighted by Gasteiger charge is 2.18. The van der Waals surface area contributed by atoms with Crippen molar-refractivity contribution in [3.8, 4) is 10.6 Å². The van der Waals surface area contributed by atoms with Gasteiger partial charge >= 0.3 is 5.97 Å². The zero-order valence-corrected chi connectivity index (χ0v) is 15.5. The van der Waals surface area contributed by atoms with Gasteiger partial charge < -0.3 is 4.74 Å². The summed E-state index contributed by atoms with van der Waals surface area (Å²) in [5, 5.41) is 12.3. The molecule has 2 aromatic heterocycles. The van der Waals surface area contributed by atoms with E-state index in [1.807, 2.05) is 49.4 Å². The van der Waals surface area contributed by atoms with Gasteiger partial charge in [0.15, 0.2) is 12.4 Å². The fraction of sp³-hybridized carbons (Fsp3) is 0.211. The van der Waals surface area contributed by atoms with Crippen molar-refractivity contribution in [2.45, 2.75) is 26.5 Å². The molecule has 136 valence electrons. The molecule has 0 radical (unpaired) electrons. The van der Waals surface area contributed by atoms with Crippen molar-refractivity contribution in [3.05, 3.63) is 59.9 Å². The fourth-order valence-electron chi connectivity index (χ4n) is 2.75. The number of carbonyl (C=O) groups excluding carboxylic acids is 1. The number of hydrogen-bond acceptors (Lipinski definition) is 7. The Labute approximate surface area is 159 Å². The Kier molecular flexibility index (Phi) is 4.88. The quantitative estimate of drug-likeness (QED) is 0.475. The number of para-hydroxylation sites is 1. The lowest BCUT2D eigenvalue weighted by atomic mass is 10.1. The summed E-state index contributed by atoms with van der Waals surface area (Å²) in [5.41, 5.74) is 2.15. The van der Waals surface area contributed by atoms with Crippen LogP contribution < -0.4 is 0 Å². The highest BCUT2D eigenvalue weighted by Crippen LogP contribution is 2.32. The topological polar surface area (TPSA) is 82.8 Å². The monoisotopic (exact) mass is 379 g/mol. The maximum atomic E-state index is 12.7. The van der Waals surface area contributed by atoms with Crippen LogP contribution in [0.4, 0.5) is 0 Å². The second kappa shape index (κ2) is 7.63. The Morgan fingerprint density at radius 2 is 1.96 bits per heavy atom. The van der Waals surface area contributed by atoms with Crippen molar-refractivity contribution in [2.24, 2.45) is 0 Å². The van der Waals surface area contributed by atoms with Gasteiger partial charge in [-0.15, -0.1) is 16.4 Å². The van der Waals surface area contributed by atoms with E-state index in [4.69, 9.17) is 4.74 Å². The molecule has 0 atom stereocenters. The molecule has 0 aliphatic heterocycles. The SMILES string of the molecule is CCCn1nnnc1COC(=O)c1ccccc1-c1nc2ccccc2s1. The zero-order chi connectivity index (χ0) is 18.6. The molecule has 2 aromatic carbocycles. The minimum Gasteiger partial charge on any atom is -0.454 e.